The first-order valence-corrected chi connectivity index (χ1v) is 10.4. The van der Waals surface area contributed by atoms with Crippen LogP contribution < -0.4 is 0 Å². The van der Waals surface area contributed by atoms with Crippen molar-refractivity contribution in [3.05, 3.63) is 35.4 Å². The predicted molar refractivity (Wildman–Crippen MR) is 105 cm³/mol. The quantitative estimate of drug-likeness (QED) is 0.367. The van der Waals surface area contributed by atoms with E-state index in [0.717, 1.165) is 43.6 Å². The van der Waals surface area contributed by atoms with E-state index in [1.807, 2.05) is 18.2 Å². The third kappa shape index (κ3) is 5.87. The van der Waals surface area contributed by atoms with Gasteiger partial charge in [-0.3, -0.25) is 14.5 Å². The zero-order valence-electron chi connectivity index (χ0n) is 16.8. The van der Waals surface area contributed by atoms with Gasteiger partial charge in [0.05, 0.1) is 19.8 Å². The summed E-state index contributed by atoms with van der Waals surface area (Å²) in [5, 5.41) is 0. The van der Waals surface area contributed by atoms with Gasteiger partial charge in [0.2, 0.25) is 0 Å². The summed E-state index contributed by atoms with van der Waals surface area (Å²) in [5.74, 6) is -0.401. The van der Waals surface area contributed by atoms with Crippen molar-refractivity contribution in [2.45, 2.75) is 57.8 Å². The third-order valence-corrected chi connectivity index (χ3v) is 5.43. The molecule has 0 radical (unpaired) electrons. The molecule has 6 heteroatoms. The number of nitrogens with zero attached hydrogens (tertiary/aromatic N) is 1. The number of unbranched alkanes of at least 4 members (excludes halogenated alkanes) is 1. The Bertz CT molecular complexity index is 659. The fourth-order valence-corrected chi connectivity index (χ4v) is 3.87. The molecule has 0 atom stereocenters. The molecule has 28 heavy (non-hydrogen) atoms. The number of hydrogen-bond acceptors (Lipinski definition) is 6. The van der Waals surface area contributed by atoms with Crippen LogP contribution >= 0.6 is 0 Å². The van der Waals surface area contributed by atoms with Gasteiger partial charge in [0.1, 0.15) is 0 Å². The SMILES string of the molecule is CCOC(=O)CCCCC(=O)c1cccc(CN2CCC3(CC2)OCCO3)c1. The van der Waals surface area contributed by atoms with E-state index in [2.05, 4.69) is 11.0 Å². The lowest BCUT2D eigenvalue weighted by Crippen LogP contribution is -2.44. The standard InChI is InChI=1S/C22H31NO5/c1-2-26-21(25)9-4-3-8-20(24)19-7-5-6-18(16-19)17-23-12-10-22(11-13-23)27-14-15-28-22/h5-7,16H,2-4,8-15,17H2,1H3. The molecule has 154 valence electrons. The molecule has 2 heterocycles. The molecule has 1 spiro atoms. The minimum absolute atomic E-state index is 0.135. The Morgan fingerprint density at radius 2 is 1.82 bits per heavy atom. The number of carbonyl (C=O) groups is 2. The highest BCUT2D eigenvalue weighted by atomic mass is 16.7. The van der Waals surface area contributed by atoms with E-state index < -0.39 is 0 Å². The Labute approximate surface area is 167 Å². The predicted octanol–water partition coefficient (Wildman–Crippen LogP) is 3.33. The number of Topliss-reactive ketones (excluding diaryl/α,β-unsaturated/α-hetero) is 1. The highest BCUT2D eigenvalue weighted by Gasteiger charge is 2.39. The van der Waals surface area contributed by atoms with E-state index in [1.165, 1.54) is 0 Å². The molecule has 2 fully saturated rings. The van der Waals surface area contributed by atoms with Crippen LogP contribution in [0.15, 0.2) is 24.3 Å². The molecule has 0 aromatic heterocycles. The molecule has 0 unspecified atom stereocenters. The van der Waals surface area contributed by atoms with Crippen molar-refractivity contribution < 1.29 is 23.8 Å². The molecule has 2 aliphatic rings. The van der Waals surface area contributed by atoms with Crippen molar-refractivity contribution in [3.8, 4) is 0 Å². The van der Waals surface area contributed by atoms with E-state index >= 15 is 0 Å². The molecule has 0 aliphatic carbocycles. The van der Waals surface area contributed by atoms with Crippen LogP contribution in [0.1, 0.15) is 61.4 Å². The summed E-state index contributed by atoms with van der Waals surface area (Å²) in [6.07, 6.45) is 4.02. The van der Waals surface area contributed by atoms with Crippen molar-refractivity contribution in [1.82, 2.24) is 4.90 Å². The second-order valence-corrected chi connectivity index (χ2v) is 7.52. The Hall–Kier alpha value is -1.76. The topological polar surface area (TPSA) is 65.1 Å². The summed E-state index contributed by atoms with van der Waals surface area (Å²) < 4.78 is 16.5. The molecule has 1 aromatic carbocycles. The van der Waals surface area contributed by atoms with Gasteiger partial charge < -0.3 is 14.2 Å². The van der Waals surface area contributed by atoms with Crippen molar-refractivity contribution in [2.24, 2.45) is 0 Å². The molecule has 1 aromatic rings. The molecule has 0 saturated carbocycles. The second kappa shape index (κ2) is 10.1. The lowest BCUT2D eigenvalue weighted by Gasteiger charge is -2.37. The van der Waals surface area contributed by atoms with Crippen molar-refractivity contribution in [2.75, 3.05) is 32.9 Å². The Morgan fingerprint density at radius 3 is 2.54 bits per heavy atom. The van der Waals surface area contributed by atoms with Crippen LogP contribution in [-0.4, -0.2) is 55.3 Å². The highest BCUT2D eigenvalue weighted by molar-refractivity contribution is 5.96. The van der Waals surface area contributed by atoms with Gasteiger partial charge in [0.25, 0.3) is 0 Å². The summed E-state index contributed by atoms with van der Waals surface area (Å²) in [7, 11) is 0. The number of ketones is 1. The smallest absolute Gasteiger partial charge is 0.305 e. The van der Waals surface area contributed by atoms with Crippen molar-refractivity contribution >= 4 is 11.8 Å². The minimum Gasteiger partial charge on any atom is -0.466 e. The normalized spacial score (nSPS) is 19.0. The van der Waals surface area contributed by atoms with Crippen LogP contribution in [0.5, 0.6) is 0 Å². The van der Waals surface area contributed by atoms with Gasteiger partial charge >= 0.3 is 5.97 Å². The van der Waals surface area contributed by atoms with Crippen LogP contribution in [0.25, 0.3) is 0 Å². The van der Waals surface area contributed by atoms with Crippen LogP contribution in [0.2, 0.25) is 0 Å². The fourth-order valence-electron chi connectivity index (χ4n) is 3.87. The van der Waals surface area contributed by atoms with E-state index in [1.54, 1.807) is 6.92 Å². The molecule has 0 N–H and O–H groups in total. The number of ether oxygens (including phenoxy) is 3. The lowest BCUT2D eigenvalue weighted by molar-refractivity contribution is -0.185. The van der Waals surface area contributed by atoms with Gasteiger partial charge in [-0.15, -0.1) is 0 Å². The molecule has 0 amide bonds. The first-order valence-electron chi connectivity index (χ1n) is 10.4. The lowest BCUT2D eigenvalue weighted by atomic mass is 10.0. The molecule has 2 aliphatic heterocycles. The zero-order valence-corrected chi connectivity index (χ0v) is 16.8. The van der Waals surface area contributed by atoms with E-state index in [9.17, 15) is 9.59 Å². The summed E-state index contributed by atoms with van der Waals surface area (Å²) in [4.78, 5) is 26.2. The number of likely N-dealkylation sites (tertiary alicyclic amines) is 1. The fraction of sp³-hybridized carbons (Fsp3) is 0.636. The number of hydrogen-bond donors (Lipinski definition) is 0. The van der Waals surface area contributed by atoms with E-state index in [-0.39, 0.29) is 17.5 Å². The van der Waals surface area contributed by atoms with E-state index in [4.69, 9.17) is 14.2 Å². The number of rotatable bonds is 9. The van der Waals surface area contributed by atoms with Crippen LogP contribution in [-0.2, 0) is 25.5 Å². The summed E-state index contributed by atoms with van der Waals surface area (Å²) in [5.41, 5.74) is 1.91. The third-order valence-electron chi connectivity index (χ3n) is 5.43. The Morgan fingerprint density at radius 1 is 1.11 bits per heavy atom. The Kier molecular flexibility index (Phi) is 7.59. The number of benzene rings is 1. The molecule has 0 bridgehead atoms. The number of carbonyl (C=O) groups excluding carboxylic acids is 2. The van der Waals surface area contributed by atoms with Crippen molar-refractivity contribution in [3.63, 3.8) is 0 Å². The molecular formula is C22H31NO5. The van der Waals surface area contributed by atoms with Crippen LogP contribution in [0.4, 0.5) is 0 Å². The maximum Gasteiger partial charge on any atom is 0.305 e. The molecule has 6 nitrogen and oxygen atoms in total. The molecule has 3 rings (SSSR count). The number of esters is 1. The van der Waals surface area contributed by atoms with Crippen LogP contribution in [0, 0.1) is 0 Å². The maximum atomic E-state index is 12.5. The minimum atomic E-state index is -0.349. The van der Waals surface area contributed by atoms with E-state index in [0.29, 0.717) is 45.5 Å². The summed E-state index contributed by atoms with van der Waals surface area (Å²) in [6, 6.07) is 7.91. The van der Waals surface area contributed by atoms with Gasteiger partial charge in [-0.25, -0.2) is 0 Å². The largest absolute Gasteiger partial charge is 0.466 e. The molecular weight excluding hydrogens is 358 g/mol. The van der Waals surface area contributed by atoms with Gasteiger partial charge in [0, 0.05) is 50.9 Å². The average Bonchev–Trinajstić information content (AvgIpc) is 3.16. The summed E-state index contributed by atoms with van der Waals surface area (Å²) >= 11 is 0. The molecule has 2 saturated heterocycles. The first kappa shape index (κ1) is 21.0. The van der Waals surface area contributed by atoms with Gasteiger partial charge in [-0.1, -0.05) is 18.2 Å². The maximum absolute atomic E-state index is 12.5. The van der Waals surface area contributed by atoms with Gasteiger partial charge in [0.15, 0.2) is 11.6 Å². The zero-order chi connectivity index (χ0) is 19.8. The van der Waals surface area contributed by atoms with Gasteiger partial charge in [-0.2, -0.15) is 0 Å². The highest BCUT2D eigenvalue weighted by Crippen LogP contribution is 2.31. The van der Waals surface area contributed by atoms with Crippen molar-refractivity contribution in [1.29, 1.82) is 0 Å². The first-order chi connectivity index (χ1) is 13.6. The number of piperidine rings is 1. The average molecular weight is 389 g/mol. The van der Waals surface area contributed by atoms with Gasteiger partial charge in [-0.05, 0) is 31.4 Å². The van der Waals surface area contributed by atoms with Crippen LogP contribution in [0.3, 0.4) is 0 Å². The second-order valence-electron chi connectivity index (χ2n) is 7.52. The monoisotopic (exact) mass is 389 g/mol. The Balaban J connectivity index is 1.43. The summed E-state index contributed by atoms with van der Waals surface area (Å²) in [6.45, 7) is 6.31.